The van der Waals surface area contributed by atoms with Crippen LogP contribution in [0.5, 0.6) is 0 Å². The van der Waals surface area contributed by atoms with Crippen LogP contribution in [0, 0.1) is 5.92 Å². The molecule has 0 aromatic carbocycles. The Morgan fingerprint density at radius 2 is 1.70 bits per heavy atom. The molecule has 2 aliphatic rings. The molecule has 0 aromatic rings. The number of nitrogens with zero attached hydrogens (tertiary/aromatic N) is 2. The van der Waals surface area contributed by atoms with Crippen LogP contribution in [0.25, 0.3) is 0 Å². The zero-order chi connectivity index (χ0) is 14.8. The summed E-state index contributed by atoms with van der Waals surface area (Å²) in [6.07, 6.45) is 2.86. The topological polar surface area (TPSA) is 57.7 Å². The van der Waals surface area contributed by atoms with Gasteiger partial charge in [-0.1, -0.05) is 6.92 Å². The van der Waals surface area contributed by atoms with E-state index < -0.39 is 9.84 Å². The fraction of sp³-hybridized carbons (Fsp3) is 0.929. The number of amides is 1. The van der Waals surface area contributed by atoms with Gasteiger partial charge in [0, 0.05) is 13.1 Å². The lowest BCUT2D eigenvalue weighted by atomic mass is 9.99. The van der Waals surface area contributed by atoms with Crippen molar-refractivity contribution in [3.63, 3.8) is 0 Å². The van der Waals surface area contributed by atoms with E-state index in [2.05, 4.69) is 11.8 Å². The number of likely N-dealkylation sites (tertiary alicyclic amines) is 1. The van der Waals surface area contributed by atoms with Gasteiger partial charge < -0.3 is 4.90 Å². The van der Waals surface area contributed by atoms with Crippen LogP contribution < -0.4 is 0 Å². The first-order valence-corrected chi connectivity index (χ1v) is 9.32. The molecule has 0 saturated carbocycles. The third kappa shape index (κ3) is 3.95. The van der Waals surface area contributed by atoms with Crippen LogP contribution >= 0.6 is 0 Å². The average molecular weight is 302 g/mol. The van der Waals surface area contributed by atoms with Crippen molar-refractivity contribution in [3.8, 4) is 0 Å². The SMILES string of the molecule is CC1CCN(CC(=O)N2CC[C@@H](C)S(=O)(=O)CC2)CC1. The fourth-order valence-corrected chi connectivity index (χ4v) is 4.17. The maximum Gasteiger partial charge on any atom is 0.236 e. The highest BCUT2D eigenvalue weighted by Crippen LogP contribution is 2.17. The van der Waals surface area contributed by atoms with Gasteiger partial charge in [-0.3, -0.25) is 9.69 Å². The van der Waals surface area contributed by atoms with E-state index in [1.54, 1.807) is 11.8 Å². The lowest BCUT2D eigenvalue weighted by Crippen LogP contribution is -2.44. The van der Waals surface area contributed by atoms with Gasteiger partial charge in [0.1, 0.15) is 0 Å². The van der Waals surface area contributed by atoms with E-state index in [9.17, 15) is 13.2 Å². The molecular weight excluding hydrogens is 276 g/mol. The summed E-state index contributed by atoms with van der Waals surface area (Å²) >= 11 is 0. The molecule has 0 aromatic heterocycles. The molecule has 116 valence electrons. The summed E-state index contributed by atoms with van der Waals surface area (Å²) in [5, 5.41) is -0.323. The van der Waals surface area contributed by atoms with Gasteiger partial charge in [-0.05, 0) is 45.2 Å². The fourth-order valence-electron chi connectivity index (χ4n) is 2.83. The quantitative estimate of drug-likeness (QED) is 0.755. The Morgan fingerprint density at radius 3 is 2.35 bits per heavy atom. The molecule has 0 N–H and O–H groups in total. The Bertz CT molecular complexity index is 441. The number of rotatable bonds is 2. The van der Waals surface area contributed by atoms with Gasteiger partial charge in [-0.25, -0.2) is 8.42 Å². The summed E-state index contributed by atoms with van der Waals surface area (Å²) in [5.41, 5.74) is 0. The van der Waals surface area contributed by atoms with Crippen molar-refractivity contribution >= 4 is 15.7 Å². The molecule has 1 amide bonds. The van der Waals surface area contributed by atoms with Crippen molar-refractivity contribution in [2.24, 2.45) is 5.92 Å². The standard InChI is InChI=1S/C14H26N2O3S/c1-12-3-6-15(7-4-12)11-14(17)16-8-5-13(2)20(18,19)10-9-16/h12-13H,3-11H2,1-2H3/t13-/m1/s1. The second kappa shape index (κ2) is 6.43. The first kappa shape index (κ1) is 15.8. The minimum Gasteiger partial charge on any atom is -0.341 e. The van der Waals surface area contributed by atoms with E-state index in [0.717, 1.165) is 31.8 Å². The lowest BCUT2D eigenvalue weighted by Gasteiger charge is -2.31. The van der Waals surface area contributed by atoms with E-state index in [0.29, 0.717) is 26.1 Å². The summed E-state index contributed by atoms with van der Waals surface area (Å²) < 4.78 is 23.7. The molecule has 0 aliphatic carbocycles. The Morgan fingerprint density at radius 1 is 1.05 bits per heavy atom. The van der Waals surface area contributed by atoms with Gasteiger partial charge in [0.25, 0.3) is 0 Å². The third-order valence-corrected chi connectivity index (χ3v) is 6.87. The Balaban J connectivity index is 1.87. The summed E-state index contributed by atoms with van der Waals surface area (Å²) in [6.45, 7) is 7.33. The lowest BCUT2D eigenvalue weighted by molar-refractivity contribution is -0.132. The molecule has 20 heavy (non-hydrogen) atoms. The normalized spacial score (nSPS) is 29.1. The molecular formula is C14H26N2O3S. The van der Waals surface area contributed by atoms with E-state index in [-0.39, 0.29) is 16.9 Å². The summed E-state index contributed by atoms with van der Waals surface area (Å²) in [6, 6.07) is 0. The molecule has 2 rings (SSSR count). The van der Waals surface area contributed by atoms with E-state index in [1.165, 1.54) is 0 Å². The smallest absolute Gasteiger partial charge is 0.236 e. The van der Waals surface area contributed by atoms with E-state index >= 15 is 0 Å². The number of carbonyl (C=O) groups is 1. The van der Waals surface area contributed by atoms with Crippen molar-refractivity contribution in [1.29, 1.82) is 0 Å². The van der Waals surface area contributed by atoms with Gasteiger partial charge in [0.2, 0.25) is 5.91 Å². The van der Waals surface area contributed by atoms with Crippen LogP contribution in [0.2, 0.25) is 0 Å². The Kier molecular flexibility index (Phi) is 5.07. The van der Waals surface area contributed by atoms with Gasteiger partial charge >= 0.3 is 0 Å². The molecule has 0 spiro atoms. The highest BCUT2D eigenvalue weighted by atomic mass is 32.2. The van der Waals surface area contributed by atoms with Crippen LogP contribution in [0.1, 0.15) is 33.1 Å². The summed E-state index contributed by atoms with van der Waals surface area (Å²) in [4.78, 5) is 16.2. The molecule has 1 atom stereocenters. The number of hydrogen-bond acceptors (Lipinski definition) is 4. The number of piperidine rings is 1. The molecule has 2 heterocycles. The van der Waals surface area contributed by atoms with Crippen molar-refractivity contribution in [2.75, 3.05) is 38.5 Å². The molecule has 2 fully saturated rings. The zero-order valence-electron chi connectivity index (χ0n) is 12.5. The second-order valence-electron chi connectivity index (χ2n) is 6.31. The van der Waals surface area contributed by atoms with E-state index in [4.69, 9.17) is 0 Å². The van der Waals surface area contributed by atoms with Gasteiger partial charge in [-0.15, -0.1) is 0 Å². The predicted octanol–water partition coefficient (Wildman–Crippen LogP) is 0.754. The first-order chi connectivity index (χ1) is 9.38. The van der Waals surface area contributed by atoms with Gasteiger partial charge in [0.15, 0.2) is 9.84 Å². The number of carbonyl (C=O) groups excluding carboxylic acids is 1. The number of hydrogen-bond donors (Lipinski definition) is 0. The van der Waals surface area contributed by atoms with E-state index in [1.807, 2.05) is 0 Å². The van der Waals surface area contributed by atoms with Crippen molar-refractivity contribution < 1.29 is 13.2 Å². The highest BCUT2D eigenvalue weighted by Gasteiger charge is 2.29. The summed E-state index contributed by atoms with van der Waals surface area (Å²) in [7, 11) is -3.01. The second-order valence-corrected chi connectivity index (χ2v) is 8.84. The van der Waals surface area contributed by atoms with Crippen molar-refractivity contribution in [2.45, 2.75) is 38.4 Å². The maximum absolute atomic E-state index is 12.3. The van der Waals surface area contributed by atoms with Crippen LogP contribution in [-0.2, 0) is 14.6 Å². The van der Waals surface area contributed by atoms with Crippen LogP contribution in [-0.4, -0.2) is 67.9 Å². The molecule has 5 nitrogen and oxygen atoms in total. The van der Waals surface area contributed by atoms with Crippen LogP contribution in [0.4, 0.5) is 0 Å². The van der Waals surface area contributed by atoms with Gasteiger partial charge in [0.05, 0.1) is 17.5 Å². The largest absolute Gasteiger partial charge is 0.341 e. The number of sulfone groups is 1. The Labute approximate surface area is 122 Å². The highest BCUT2D eigenvalue weighted by molar-refractivity contribution is 7.92. The average Bonchev–Trinajstić information content (AvgIpc) is 2.53. The molecule has 0 unspecified atom stereocenters. The third-order valence-electron chi connectivity index (χ3n) is 4.65. The summed E-state index contributed by atoms with van der Waals surface area (Å²) in [5.74, 6) is 0.950. The van der Waals surface area contributed by atoms with Crippen LogP contribution in [0.15, 0.2) is 0 Å². The van der Waals surface area contributed by atoms with Crippen LogP contribution in [0.3, 0.4) is 0 Å². The predicted molar refractivity (Wildman–Crippen MR) is 79.3 cm³/mol. The zero-order valence-corrected chi connectivity index (χ0v) is 13.4. The first-order valence-electron chi connectivity index (χ1n) is 7.60. The van der Waals surface area contributed by atoms with Crippen molar-refractivity contribution in [3.05, 3.63) is 0 Å². The van der Waals surface area contributed by atoms with Crippen molar-refractivity contribution in [1.82, 2.24) is 9.80 Å². The Hall–Kier alpha value is -0.620. The monoisotopic (exact) mass is 302 g/mol. The molecule has 0 bridgehead atoms. The minimum absolute atomic E-state index is 0.0869. The molecule has 2 saturated heterocycles. The molecule has 0 radical (unpaired) electrons. The molecule has 6 heteroatoms. The molecule has 2 aliphatic heterocycles. The van der Waals surface area contributed by atoms with Gasteiger partial charge in [-0.2, -0.15) is 0 Å². The maximum atomic E-state index is 12.3. The minimum atomic E-state index is -3.01.